The molecule has 0 unspecified atom stereocenters. The van der Waals surface area contributed by atoms with E-state index >= 15 is 0 Å². The molecule has 0 spiro atoms. The van der Waals surface area contributed by atoms with Crippen LogP contribution in [-0.2, 0) is 19.3 Å². The van der Waals surface area contributed by atoms with Crippen LogP contribution in [0.2, 0.25) is 0 Å². The van der Waals surface area contributed by atoms with Gasteiger partial charge in [0.25, 0.3) is 0 Å². The lowest BCUT2D eigenvalue weighted by Crippen LogP contribution is -2.59. The first-order valence-corrected chi connectivity index (χ1v) is 14.0. The summed E-state index contributed by atoms with van der Waals surface area (Å²) in [5, 5.41) is 2.63. The maximum absolute atomic E-state index is 5.33. The average molecular weight is 473 g/mol. The van der Waals surface area contributed by atoms with Gasteiger partial charge < -0.3 is 4.90 Å². The summed E-state index contributed by atoms with van der Waals surface area (Å²) in [6.07, 6.45) is 11.3. The molecule has 0 amide bonds. The number of para-hydroxylation sites is 1. The van der Waals surface area contributed by atoms with Crippen molar-refractivity contribution in [1.82, 2.24) is 0 Å². The average Bonchev–Trinajstić information content (AvgIpc) is 3.01. The topological polar surface area (TPSA) is 3.24 Å². The highest BCUT2D eigenvalue weighted by Gasteiger charge is 2.38. The fourth-order valence-corrected chi connectivity index (χ4v) is 7.45. The van der Waals surface area contributed by atoms with Gasteiger partial charge in [0.2, 0.25) is 6.71 Å². The quantitative estimate of drug-likeness (QED) is 0.259. The molecule has 0 N–H and O–H groups in total. The summed E-state index contributed by atoms with van der Waals surface area (Å²) in [5.41, 5.74) is 11.8. The normalized spacial score (nSPS) is 17.2. The van der Waals surface area contributed by atoms with Crippen LogP contribution in [0, 0.1) is 0 Å². The third-order valence-electron chi connectivity index (χ3n) is 8.63. The molecule has 0 saturated heterocycles. The zero-order valence-electron chi connectivity index (χ0n) is 20.4. The van der Waals surface area contributed by atoms with Gasteiger partial charge in [0.15, 0.2) is 0 Å². The molecular weight excluding hydrogens is 441 g/mol. The first-order chi connectivity index (χ1) is 17.3. The molecule has 0 radical (unpaired) electrons. The molecule has 4 aromatic rings. The summed E-state index contributed by atoms with van der Waals surface area (Å²) < 4.78 is 0. The van der Waals surface area contributed by atoms with E-state index in [1.54, 1.807) is 0 Å². The van der Waals surface area contributed by atoms with Crippen molar-refractivity contribution in [2.75, 3.05) is 11.4 Å². The molecule has 0 atom stereocenters. The van der Waals surface area contributed by atoms with Crippen molar-refractivity contribution in [3.8, 4) is 0 Å². The van der Waals surface area contributed by atoms with Gasteiger partial charge in [0.05, 0.1) is 0 Å². The lowest BCUT2D eigenvalue weighted by atomic mass is 9.34. The molecule has 174 valence electrons. The lowest BCUT2D eigenvalue weighted by Gasteiger charge is -2.40. The Bertz CT molecular complexity index is 1440. The van der Waals surface area contributed by atoms with E-state index in [4.69, 9.17) is 12.6 Å². The fraction of sp³-hybridized carbons (Fsp3) is 0.312. The molecule has 3 heteroatoms. The second kappa shape index (κ2) is 8.78. The van der Waals surface area contributed by atoms with Gasteiger partial charge >= 0.3 is 0 Å². The van der Waals surface area contributed by atoms with Crippen LogP contribution < -0.4 is 21.3 Å². The third kappa shape index (κ3) is 3.54. The molecule has 3 aliphatic rings. The van der Waals surface area contributed by atoms with Crippen LogP contribution in [0.4, 0.5) is 11.4 Å². The summed E-state index contributed by atoms with van der Waals surface area (Å²) in [5.74, 6) is 0. The third-order valence-corrected chi connectivity index (χ3v) is 9.15. The van der Waals surface area contributed by atoms with E-state index in [-0.39, 0.29) is 6.71 Å². The predicted molar refractivity (Wildman–Crippen MR) is 155 cm³/mol. The van der Waals surface area contributed by atoms with Crippen LogP contribution in [0.5, 0.6) is 0 Å². The number of anilines is 2. The molecular formula is C32H32BNS. The number of rotatable bonds is 1. The van der Waals surface area contributed by atoms with Crippen LogP contribution in [0.25, 0.3) is 10.8 Å². The number of thiol groups is 1. The summed E-state index contributed by atoms with van der Waals surface area (Å²) in [6.45, 7) is 1.33. The summed E-state index contributed by atoms with van der Waals surface area (Å²) in [7, 11) is 0. The Hall–Kier alpha value is -2.65. The number of hydrogen-bond acceptors (Lipinski definition) is 2. The van der Waals surface area contributed by atoms with Gasteiger partial charge in [-0.3, -0.25) is 0 Å². The molecule has 7 rings (SSSR count). The van der Waals surface area contributed by atoms with Gasteiger partial charge in [0, 0.05) is 22.8 Å². The van der Waals surface area contributed by atoms with Crippen molar-refractivity contribution in [2.45, 2.75) is 62.7 Å². The minimum atomic E-state index is 0.223. The number of fused-ring (bicyclic) bond motifs is 4. The van der Waals surface area contributed by atoms with E-state index in [9.17, 15) is 0 Å². The zero-order valence-corrected chi connectivity index (χ0v) is 21.3. The van der Waals surface area contributed by atoms with E-state index in [1.165, 1.54) is 118 Å². The monoisotopic (exact) mass is 473 g/mol. The SMILES string of the molecule is Sc1c2c(cc3c1B(c1ccc4ccccc4c1)c1cccc4c1N3CCCCCC4)CCCC2. The summed E-state index contributed by atoms with van der Waals surface area (Å²) >= 11 is 5.33. The molecule has 35 heavy (non-hydrogen) atoms. The molecule has 2 aliphatic heterocycles. The number of aryl methyl sites for hydroxylation is 2. The molecule has 4 aromatic carbocycles. The Balaban J connectivity index is 1.53. The van der Waals surface area contributed by atoms with Crippen molar-refractivity contribution in [1.29, 1.82) is 0 Å². The number of benzene rings is 4. The van der Waals surface area contributed by atoms with Gasteiger partial charge in [-0.25, -0.2) is 0 Å². The van der Waals surface area contributed by atoms with Gasteiger partial charge in [-0.1, -0.05) is 79.0 Å². The first kappa shape index (κ1) is 21.6. The standard InChI is InChI=1S/C32H32BNS/c35-32-27-15-7-6-13-25(27)21-29-30(32)33(26-18-17-22-10-4-5-12-24(22)20-26)28-16-9-14-23-11-3-1-2-8-19-34(29)31(23)28/h4-5,9-10,12,14,16-18,20-21,35H,1-3,6-8,11,13,15,19H2. The Kier molecular flexibility index (Phi) is 5.43. The maximum Gasteiger partial charge on any atom is 0.248 e. The van der Waals surface area contributed by atoms with E-state index < -0.39 is 0 Å². The minimum Gasteiger partial charge on any atom is -0.342 e. The van der Waals surface area contributed by atoms with E-state index in [2.05, 4.69) is 71.6 Å². The van der Waals surface area contributed by atoms with Crippen LogP contribution in [-0.4, -0.2) is 13.3 Å². The maximum atomic E-state index is 5.33. The number of nitrogens with zero attached hydrogens (tertiary/aromatic N) is 1. The highest BCUT2D eigenvalue weighted by atomic mass is 32.1. The van der Waals surface area contributed by atoms with Gasteiger partial charge in [0.1, 0.15) is 0 Å². The van der Waals surface area contributed by atoms with Crippen LogP contribution in [0.1, 0.15) is 55.2 Å². The Labute approximate surface area is 215 Å². The van der Waals surface area contributed by atoms with E-state index in [0.29, 0.717) is 0 Å². The van der Waals surface area contributed by atoms with Crippen LogP contribution in [0.3, 0.4) is 0 Å². The van der Waals surface area contributed by atoms with Crippen molar-refractivity contribution >= 4 is 57.9 Å². The summed E-state index contributed by atoms with van der Waals surface area (Å²) in [4.78, 5) is 3.95. The van der Waals surface area contributed by atoms with Gasteiger partial charge in [-0.15, -0.1) is 12.6 Å². The predicted octanol–water partition coefficient (Wildman–Crippen LogP) is 6.09. The second-order valence-corrected chi connectivity index (χ2v) is 11.2. The van der Waals surface area contributed by atoms with Crippen molar-refractivity contribution in [3.63, 3.8) is 0 Å². The highest BCUT2D eigenvalue weighted by Crippen LogP contribution is 2.38. The molecule has 2 heterocycles. The van der Waals surface area contributed by atoms with Gasteiger partial charge in [-0.05, 0) is 89.4 Å². The van der Waals surface area contributed by atoms with Crippen molar-refractivity contribution in [3.05, 3.63) is 83.4 Å². The van der Waals surface area contributed by atoms with Gasteiger partial charge in [-0.2, -0.15) is 0 Å². The molecule has 0 fully saturated rings. The Morgan fingerprint density at radius 2 is 1.49 bits per heavy atom. The smallest absolute Gasteiger partial charge is 0.248 e. The van der Waals surface area contributed by atoms with E-state index in [0.717, 1.165) is 6.54 Å². The fourth-order valence-electron chi connectivity index (χ4n) is 6.95. The van der Waals surface area contributed by atoms with E-state index in [1.807, 2.05) is 0 Å². The van der Waals surface area contributed by atoms with Crippen LogP contribution >= 0.6 is 12.6 Å². The Morgan fingerprint density at radius 3 is 2.43 bits per heavy atom. The van der Waals surface area contributed by atoms with Crippen LogP contribution in [0.15, 0.2) is 71.6 Å². The van der Waals surface area contributed by atoms with Crippen molar-refractivity contribution in [2.24, 2.45) is 0 Å². The second-order valence-electron chi connectivity index (χ2n) is 10.7. The highest BCUT2D eigenvalue weighted by molar-refractivity contribution is 7.80. The summed E-state index contributed by atoms with van der Waals surface area (Å²) in [6, 6.07) is 25.5. The van der Waals surface area contributed by atoms with Crippen molar-refractivity contribution < 1.29 is 0 Å². The molecule has 0 bridgehead atoms. The Morgan fingerprint density at radius 1 is 0.686 bits per heavy atom. The largest absolute Gasteiger partial charge is 0.342 e. The molecule has 1 aliphatic carbocycles. The molecule has 0 saturated carbocycles. The zero-order chi connectivity index (χ0) is 23.4. The molecule has 1 nitrogen and oxygen atoms in total. The number of hydrogen-bond donors (Lipinski definition) is 1. The minimum absolute atomic E-state index is 0.223. The first-order valence-electron chi connectivity index (χ1n) is 13.6. The molecule has 0 aromatic heterocycles. The lowest BCUT2D eigenvalue weighted by molar-refractivity contribution is 0.653.